The Balaban J connectivity index is 0.770. The zero-order valence-corrected chi connectivity index (χ0v) is 51.1. The summed E-state index contributed by atoms with van der Waals surface area (Å²) in [6.07, 6.45) is 0. The van der Waals surface area contributed by atoms with Gasteiger partial charge in [0.1, 0.15) is 0 Å². The molecule has 19 rings (SSSR count). The lowest BCUT2D eigenvalue weighted by molar-refractivity contribution is 0.663. The quantitative estimate of drug-likeness (QED) is 0.166. The molecule has 0 unspecified atom stereocenters. The number of benzene rings is 12. The molecule has 0 radical (unpaired) electrons. The Morgan fingerprint density at radius 1 is 0.256 bits per heavy atom. The number of fused-ring (bicyclic) bond motifs is 21. The molecule has 5 nitrogen and oxygen atoms in total. The van der Waals surface area contributed by atoms with Crippen molar-refractivity contribution in [2.45, 2.75) is 57.8 Å². The molecule has 16 aromatic rings. The zero-order valence-electron chi connectivity index (χ0n) is 51.1. The molecule has 12 aromatic carbocycles. The van der Waals surface area contributed by atoms with Gasteiger partial charge in [-0.15, -0.1) is 0 Å². The van der Waals surface area contributed by atoms with Crippen molar-refractivity contribution < 1.29 is 0 Å². The first-order valence-corrected chi connectivity index (χ1v) is 31.6. The molecular formula is C85H61N5. The highest BCUT2D eigenvalue weighted by Gasteiger charge is 2.41. The maximum absolute atomic E-state index is 5.52. The molecule has 0 bridgehead atoms. The molecule has 0 saturated heterocycles. The SMILES string of the molecule is CC1(C)c2ccccc2-c2ccc3c4ccccc4n(-c4ccc(-c5cc(-c6ccc(-n7c8ccccc8c8ccc9c(c87)C(C)(C)c7ccccc7-9)cc6)nc(-c6ccc(-n7c8ccccc8c8ccc9c(c87)C(C)(C)c7ccccc7-9)cc6)n5)cc4)c3c21. The Kier molecular flexibility index (Phi) is 10.3. The van der Waals surface area contributed by atoms with Crippen LogP contribution in [-0.4, -0.2) is 23.7 Å². The number of aromatic nitrogens is 5. The molecule has 0 N–H and O–H groups in total. The minimum atomic E-state index is -0.196. The smallest absolute Gasteiger partial charge is 0.160 e. The van der Waals surface area contributed by atoms with Gasteiger partial charge in [-0.3, -0.25) is 0 Å². The van der Waals surface area contributed by atoms with Crippen molar-refractivity contribution in [3.05, 3.63) is 294 Å². The van der Waals surface area contributed by atoms with Crippen LogP contribution in [0.25, 0.3) is 150 Å². The molecule has 5 heteroatoms. The first kappa shape index (κ1) is 51.2. The standard InChI is InChI=1S/C85H61N5/c1-83(2)68-25-13-7-19-56(68)62-43-46-65-59-22-10-16-28-73(59)88(79(65)76(62)83)53-37-31-50(32-38-53)71-49-72(51-33-39-54(40-34-51)89-74-29-17-11-23-60(74)66-47-44-63-57-20-8-14-26-69(57)84(3,4)77(63)80(66)89)87-82(86-71)52-35-41-55(42-36-52)90-75-30-18-12-24-61(75)67-48-45-64-58-21-9-15-27-70(58)85(5,6)78(64)81(67)90/h7-49H,1-6H3. The maximum atomic E-state index is 5.52. The second-order valence-corrected chi connectivity index (χ2v) is 26.8. The number of nitrogens with zero attached hydrogens (tertiary/aromatic N) is 5. The lowest BCUT2D eigenvalue weighted by atomic mass is 9.81. The summed E-state index contributed by atoms with van der Waals surface area (Å²) >= 11 is 0. The predicted octanol–water partition coefficient (Wildman–Crippen LogP) is 21.7. The summed E-state index contributed by atoms with van der Waals surface area (Å²) in [5.41, 5.74) is 30.9. The van der Waals surface area contributed by atoms with E-state index in [0.29, 0.717) is 5.82 Å². The molecule has 0 fully saturated rings. The zero-order chi connectivity index (χ0) is 60.1. The van der Waals surface area contributed by atoms with E-state index in [1.807, 2.05) is 0 Å². The van der Waals surface area contributed by atoms with E-state index >= 15 is 0 Å². The monoisotopic (exact) mass is 1150 g/mol. The van der Waals surface area contributed by atoms with Gasteiger partial charge in [-0.05, 0) is 140 Å². The highest BCUT2D eigenvalue weighted by atomic mass is 15.0. The first-order chi connectivity index (χ1) is 43.9. The fraction of sp³-hybridized carbons (Fsp3) is 0.106. The molecule has 3 aliphatic carbocycles. The van der Waals surface area contributed by atoms with Crippen molar-refractivity contribution in [1.29, 1.82) is 0 Å². The van der Waals surface area contributed by atoms with Gasteiger partial charge < -0.3 is 13.7 Å². The van der Waals surface area contributed by atoms with Crippen molar-refractivity contribution in [3.8, 4) is 84.3 Å². The van der Waals surface area contributed by atoms with E-state index in [2.05, 4.69) is 316 Å². The molecule has 4 heterocycles. The van der Waals surface area contributed by atoms with Crippen LogP contribution in [0.5, 0.6) is 0 Å². The highest BCUT2D eigenvalue weighted by Crippen LogP contribution is 2.56. The summed E-state index contributed by atoms with van der Waals surface area (Å²) in [5, 5.41) is 7.55. The van der Waals surface area contributed by atoms with Crippen molar-refractivity contribution in [2.24, 2.45) is 0 Å². The molecule has 90 heavy (non-hydrogen) atoms. The van der Waals surface area contributed by atoms with Gasteiger partial charge in [0, 0.05) is 82.3 Å². The van der Waals surface area contributed by atoms with Crippen LogP contribution < -0.4 is 0 Å². The first-order valence-electron chi connectivity index (χ1n) is 31.6. The predicted molar refractivity (Wildman–Crippen MR) is 374 cm³/mol. The van der Waals surface area contributed by atoms with Gasteiger partial charge >= 0.3 is 0 Å². The van der Waals surface area contributed by atoms with E-state index in [1.165, 1.54) is 132 Å². The number of rotatable bonds is 6. The van der Waals surface area contributed by atoms with E-state index in [1.54, 1.807) is 0 Å². The Morgan fingerprint density at radius 2 is 0.544 bits per heavy atom. The van der Waals surface area contributed by atoms with Crippen LogP contribution in [0.1, 0.15) is 74.9 Å². The highest BCUT2D eigenvalue weighted by molar-refractivity contribution is 6.16. The molecule has 0 saturated carbocycles. The summed E-state index contributed by atoms with van der Waals surface area (Å²) in [7, 11) is 0. The van der Waals surface area contributed by atoms with E-state index in [-0.39, 0.29) is 16.2 Å². The Morgan fingerprint density at radius 3 is 0.878 bits per heavy atom. The van der Waals surface area contributed by atoms with E-state index in [4.69, 9.17) is 9.97 Å². The van der Waals surface area contributed by atoms with Crippen LogP contribution in [0, 0.1) is 0 Å². The van der Waals surface area contributed by atoms with Crippen LogP contribution in [0.3, 0.4) is 0 Å². The maximum Gasteiger partial charge on any atom is 0.160 e. The summed E-state index contributed by atoms with van der Waals surface area (Å²) in [4.78, 5) is 11.0. The van der Waals surface area contributed by atoms with Gasteiger partial charge in [-0.2, -0.15) is 0 Å². The summed E-state index contributed by atoms with van der Waals surface area (Å²) < 4.78 is 7.48. The Hall–Kier alpha value is -10.9. The third-order valence-corrected chi connectivity index (χ3v) is 21.0. The number of para-hydroxylation sites is 3. The van der Waals surface area contributed by atoms with Gasteiger partial charge in [-0.25, -0.2) is 9.97 Å². The lowest BCUT2D eigenvalue weighted by Crippen LogP contribution is -2.16. The minimum absolute atomic E-state index is 0.193. The van der Waals surface area contributed by atoms with Gasteiger partial charge in [0.05, 0.1) is 44.5 Å². The fourth-order valence-electron chi connectivity index (χ4n) is 16.9. The average Bonchev–Trinajstić information content (AvgIpc) is 1.67. The Bertz CT molecular complexity index is 5200. The van der Waals surface area contributed by atoms with Crippen LogP contribution in [-0.2, 0) is 16.2 Å². The molecule has 0 spiro atoms. The molecule has 0 aliphatic heterocycles. The van der Waals surface area contributed by atoms with Crippen molar-refractivity contribution in [2.75, 3.05) is 0 Å². The number of hydrogen-bond donors (Lipinski definition) is 0. The fourth-order valence-corrected chi connectivity index (χ4v) is 16.9. The molecule has 3 aliphatic rings. The van der Waals surface area contributed by atoms with Crippen LogP contribution in [0.15, 0.2) is 261 Å². The largest absolute Gasteiger partial charge is 0.309 e. The van der Waals surface area contributed by atoms with E-state index < -0.39 is 0 Å². The second-order valence-electron chi connectivity index (χ2n) is 26.8. The molecule has 4 aromatic heterocycles. The molecule has 0 atom stereocenters. The van der Waals surface area contributed by atoms with Gasteiger partial charge in [0.25, 0.3) is 0 Å². The molecule has 0 amide bonds. The average molecular weight is 1150 g/mol. The topological polar surface area (TPSA) is 40.6 Å². The van der Waals surface area contributed by atoms with Crippen molar-refractivity contribution >= 4 is 65.4 Å². The van der Waals surface area contributed by atoms with E-state index in [0.717, 1.165) is 45.1 Å². The van der Waals surface area contributed by atoms with Gasteiger partial charge in [0.15, 0.2) is 5.82 Å². The van der Waals surface area contributed by atoms with E-state index in [9.17, 15) is 0 Å². The lowest BCUT2D eigenvalue weighted by Gasteiger charge is -2.23. The summed E-state index contributed by atoms with van der Waals surface area (Å²) in [6, 6.07) is 96.8. The summed E-state index contributed by atoms with van der Waals surface area (Å²) in [5.74, 6) is 0.668. The van der Waals surface area contributed by atoms with Crippen molar-refractivity contribution in [1.82, 2.24) is 23.7 Å². The minimum Gasteiger partial charge on any atom is -0.309 e. The summed E-state index contributed by atoms with van der Waals surface area (Å²) in [6.45, 7) is 14.3. The van der Waals surface area contributed by atoms with Gasteiger partial charge in [-0.1, -0.05) is 230 Å². The van der Waals surface area contributed by atoms with Gasteiger partial charge in [0.2, 0.25) is 0 Å². The van der Waals surface area contributed by atoms with Crippen LogP contribution >= 0.6 is 0 Å². The second kappa shape index (κ2) is 18.1. The third-order valence-electron chi connectivity index (χ3n) is 21.0. The van der Waals surface area contributed by atoms with Crippen molar-refractivity contribution in [3.63, 3.8) is 0 Å². The molecule has 426 valence electrons. The number of hydrogen-bond acceptors (Lipinski definition) is 2. The Labute approximate surface area is 522 Å². The normalized spacial score (nSPS) is 14.6. The molecular weight excluding hydrogens is 1090 g/mol. The van der Waals surface area contributed by atoms with Crippen LogP contribution in [0.2, 0.25) is 0 Å². The van der Waals surface area contributed by atoms with Crippen LogP contribution in [0.4, 0.5) is 0 Å². The third kappa shape index (κ3) is 6.81.